The van der Waals surface area contributed by atoms with Crippen LogP contribution in [0.5, 0.6) is 0 Å². The van der Waals surface area contributed by atoms with Crippen LogP contribution in [0, 0.1) is 0 Å². The summed E-state index contributed by atoms with van der Waals surface area (Å²) in [5.41, 5.74) is 4.41. The number of alkyl carbamates (subject to hydrolysis) is 1. The maximum absolute atomic E-state index is 13.1. The highest BCUT2D eigenvalue weighted by molar-refractivity contribution is 7.98. The van der Waals surface area contributed by atoms with Gasteiger partial charge in [-0.05, 0) is 40.7 Å². The molecule has 0 radical (unpaired) electrons. The largest absolute Gasteiger partial charge is 0.480 e. The summed E-state index contributed by atoms with van der Waals surface area (Å²) in [7, 11) is 0. The van der Waals surface area contributed by atoms with Gasteiger partial charge in [-0.1, -0.05) is 48.5 Å². The number of nitrogens with one attached hydrogen (secondary N) is 1. The van der Waals surface area contributed by atoms with Crippen LogP contribution in [0.15, 0.2) is 48.5 Å². The van der Waals surface area contributed by atoms with Crippen molar-refractivity contribution < 1.29 is 29.3 Å². The number of aliphatic carboxylic acids is 1. The normalized spacial score (nSPS) is 19.9. The third-order valence-corrected chi connectivity index (χ3v) is 7.04. The van der Waals surface area contributed by atoms with E-state index in [1.807, 2.05) is 42.7 Å². The van der Waals surface area contributed by atoms with E-state index in [2.05, 4.69) is 17.4 Å². The lowest BCUT2D eigenvalue weighted by atomic mass is 9.98. The average Bonchev–Trinajstić information content (AvgIpc) is 3.38. The third kappa shape index (κ3) is 4.90. The summed E-state index contributed by atoms with van der Waals surface area (Å²) in [5, 5.41) is 22.0. The average molecular weight is 485 g/mol. The number of aliphatic hydroxyl groups excluding tert-OH is 1. The highest BCUT2D eigenvalue weighted by Crippen LogP contribution is 2.44. The number of likely N-dealkylation sites (tertiary alicyclic amines) is 1. The zero-order chi connectivity index (χ0) is 24.2. The minimum absolute atomic E-state index is 0.0265. The van der Waals surface area contributed by atoms with Crippen molar-refractivity contribution in [3.05, 3.63) is 59.7 Å². The van der Waals surface area contributed by atoms with E-state index in [1.54, 1.807) is 0 Å². The van der Waals surface area contributed by atoms with Crippen molar-refractivity contribution >= 4 is 29.7 Å². The summed E-state index contributed by atoms with van der Waals surface area (Å²) in [4.78, 5) is 38.5. The number of hydrogen-bond acceptors (Lipinski definition) is 6. The van der Waals surface area contributed by atoms with Gasteiger partial charge in [0.15, 0.2) is 0 Å². The molecule has 34 heavy (non-hydrogen) atoms. The van der Waals surface area contributed by atoms with E-state index in [9.17, 15) is 24.6 Å². The van der Waals surface area contributed by atoms with Gasteiger partial charge in [0, 0.05) is 18.9 Å². The monoisotopic (exact) mass is 484 g/mol. The molecule has 0 unspecified atom stereocenters. The lowest BCUT2D eigenvalue weighted by Gasteiger charge is -2.27. The SMILES string of the molecule is CSCC[C@H](NC(=O)OCC1c2ccccc2-c2ccccc21)C(=O)N1C[C@@H](O)C[C@H]1C(=O)O. The van der Waals surface area contributed by atoms with Crippen LogP contribution >= 0.6 is 11.8 Å². The lowest BCUT2D eigenvalue weighted by Crippen LogP contribution is -2.52. The summed E-state index contributed by atoms with van der Waals surface area (Å²) >= 11 is 1.51. The number of ether oxygens (including phenoxy) is 1. The number of benzene rings is 2. The second kappa shape index (κ2) is 10.5. The molecule has 1 heterocycles. The van der Waals surface area contributed by atoms with Crippen LogP contribution < -0.4 is 5.32 Å². The van der Waals surface area contributed by atoms with E-state index in [4.69, 9.17) is 4.74 Å². The number of amides is 2. The molecule has 2 aromatic rings. The first-order valence-electron chi connectivity index (χ1n) is 11.2. The molecule has 180 valence electrons. The van der Waals surface area contributed by atoms with Gasteiger partial charge >= 0.3 is 12.1 Å². The number of thioether (sulfide) groups is 1. The molecule has 0 aromatic heterocycles. The molecular formula is C25H28N2O6S. The van der Waals surface area contributed by atoms with Gasteiger partial charge in [0.2, 0.25) is 5.91 Å². The van der Waals surface area contributed by atoms with Crippen molar-refractivity contribution in [1.29, 1.82) is 0 Å². The highest BCUT2D eigenvalue weighted by Gasteiger charge is 2.41. The fourth-order valence-corrected chi connectivity index (χ4v) is 5.24. The number of hydrogen-bond donors (Lipinski definition) is 3. The van der Waals surface area contributed by atoms with Crippen molar-refractivity contribution in [3.8, 4) is 11.1 Å². The molecule has 1 fully saturated rings. The van der Waals surface area contributed by atoms with Gasteiger partial charge in [-0.25, -0.2) is 9.59 Å². The maximum atomic E-state index is 13.1. The summed E-state index contributed by atoms with van der Waals surface area (Å²) in [6.45, 7) is 0.0431. The minimum atomic E-state index is -1.17. The topological polar surface area (TPSA) is 116 Å². The molecule has 1 aliphatic carbocycles. The standard InChI is InChI=1S/C25H28N2O6S/c1-34-11-10-21(23(29)27-13-15(28)12-22(27)24(30)31)26-25(32)33-14-20-18-8-4-2-6-16(18)17-7-3-5-9-19(17)20/h2-9,15,20-22,28H,10-14H2,1H3,(H,26,32)(H,30,31)/t15-,21-,22-/m0/s1. The van der Waals surface area contributed by atoms with Crippen LogP contribution in [0.4, 0.5) is 4.79 Å². The molecule has 9 heteroatoms. The first-order valence-corrected chi connectivity index (χ1v) is 12.6. The fourth-order valence-electron chi connectivity index (χ4n) is 4.77. The van der Waals surface area contributed by atoms with Crippen molar-refractivity contribution in [2.24, 2.45) is 0 Å². The zero-order valence-corrected chi connectivity index (χ0v) is 19.7. The van der Waals surface area contributed by atoms with Crippen molar-refractivity contribution in [2.75, 3.05) is 25.2 Å². The second-order valence-corrected chi connectivity index (χ2v) is 9.52. The molecule has 2 aromatic carbocycles. The number of carboxylic acids is 1. The number of nitrogens with zero attached hydrogens (tertiary/aromatic N) is 1. The Labute approximate surface area is 202 Å². The maximum Gasteiger partial charge on any atom is 0.407 e. The molecule has 1 saturated heterocycles. The summed E-state index contributed by atoms with van der Waals surface area (Å²) in [6, 6.07) is 14.0. The number of carboxylic acid groups (broad SMARTS) is 1. The Morgan fingerprint density at radius 2 is 1.74 bits per heavy atom. The highest BCUT2D eigenvalue weighted by atomic mass is 32.2. The molecule has 4 rings (SSSR count). The molecule has 3 N–H and O–H groups in total. The minimum Gasteiger partial charge on any atom is -0.480 e. The van der Waals surface area contributed by atoms with Gasteiger partial charge in [0.25, 0.3) is 0 Å². The first kappa shape index (κ1) is 24.1. The molecule has 0 saturated carbocycles. The number of carbonyl (C=O) groups excluding carboxylic acids is 2. The van der Waals surface area contributed by atoms with Gasteiger partial charge < -0.3 is 25.2 Å². The van der Waals surface area contributed by atoms with E-state index in [0.29, 0.717) is 12.2 Å². The van der Waals surface area contributed by atoms with Gasteiger partial charge in [-0.3, -0.25) is 4.79 Å². The quantitative estimate of drug-likeness (QED) is 0.528. The summed E-state index contributed by atoms with van der Waals surface area (Å²) in [6.07, 6.45) is 0.549. The van der Waals surface area contributed by atoms with E-state index >= 15 is 0 Å². The Hall–Kier alpha value is -3.04. The van der Waals surface area contributed by atoms with Gasteiger partial charge in [0.05, 0.1) is 6.10 Å². The van der Waals surface area contributed by atoms with Gasteiger partial charge in [0.1, 0.15) is 18.7 Å². The van der Waals surface area contributed by atoms with E-state index in [1.165, 1.54) is 11.8 Å². The summed E-state index contributed by atoms with van der Waals surface area (Å²) < 4.78 is 5.57. The van der Waals surface area contributed by atoms with Gasteiger partial charge in [-0.2, -0.15) is 11.8 Å². The van der Waals surface area contributed by atoms with Gasteiger partial charge in [-0.15, -0.1) is 0 Å². The fraction of sp³-hybridized carbons (Fsp3) is 0.400. The molecule has 1 aliphatic heterocycles. The van der Waals surface area contributed by atoms with Crippen LogP contribution in [0.3, 0.4) is 0 Å². The van der Waals surface area contributed by atoms with Crippen LogP contribution in [0.2, 0.25) is 0 Å². The molecule has 0 bridgehead atoms. The number of carbonyl (C=O) groups is 3. The Kier molecular flexibility index (Phi) is 7.43. The zero-order valence-electron chi connectivity index (χ0n) is 18.8. The molecule has 3 atom stereocenters. The van der Waals surface area contributed by atoms with Crippen molar-refractivity contribution in [3.63, 3.8) is 0 Å². The summed E-state index contributed by atoms with van der Waals surface area (Å²) in [5.74, 6) is -1.21. The number of β-amino-alcohol motifs (C(OH)–C–C–N with tert-alkyl or cyclic N) is 1. The molecule has 2 amide bonds. The smallest absolute Gasteiger partial charge is 0.407 e. The van der Waals surface area contributed by atoms with Crippen LogP contribution in [0.25, 0.3) is 11.1 Å². The van der Waals surface area contributed by atoms with E-state index in [-0.39, 0.29) is 25.5 Å². The van der Waals surface area contributed by atoms with E-state index in [0.717, 1.165) is 27.2 Å². The molecule has 8 nitrogen and oxygen atoms in total. The predicted octanol–water partition coefficient (Wildman–Crippen LogP) is 2.69. The predicted molar refractivity (Wildman–Crippen MR) is 129 cm³/mol. The number of aliphatic hydroxyl groups is 1. The number of fused-ring (bicyclic) bond motifs is 3. The lowest BCUT2D eigenvalue weighted by molar-refractivity contribution is -0.149. The Morgan fingerprint density at radius 3 is 2.32 bits per heavy atom. The third-order valence-electron chi connectivity index (χ3n) is 6.39. The number of rotatable bonds is 8. The van der Waals surface area contributed by atoms with Crippen molar-refractivity contribution in [1.82, 2.24) is 10.2 Å². The van der Waals surface area contributed by atoms with Crippen LogP contribution in [-0.4, -0.2) is 76.4 Å². The second-order valence-electron chi connectivity index (χ2n) is 8.54. The van der Waals surface area contributed by atoms with Crippen LogP contribution in [-0.2, 0) is 14.3 Å². The van der Waals surface area contributed by atoms with Crippen molar-refractivity contribution in [2.45, 2.75) is 36.9 Å². The Balaban J connectivity index is 1.44. The van der Waals surface area contributed by atoms with E-state index < -0.39 is 36.2 Å². The van der Waals surface area contributed by atoms with Crippen LogP contribution in [0.1, 0.15) is 29.9 Å². The Bertz CT molecular complexity index is 1030. The first-order chi connectivity index (χ1) is 16.4. The molecular weight excluding hydrogens is 456 g/mol. The molecule has 0 spiro atoms. The Morgan fingerprint density at radius 1 is 1.12 bits per heavy atom. The molecule has 2 aliphatic rings.